The van der Waals surface area contributed by atoms with Crippen molar-refractivity contribution in [2.75, 3.05) is 0 Å². The lowest BCUT2D eigenvalue weighted by molar-refractivity contribution is -0.147. The molecule has 8 heteroatoms. The molecule has 134 valence electrons. The van der Waals surface area contributed by atoms with Crippen LogP contribution in [0.4, 0.5) is 13.2 Å². The van der Waals surface area contributed by atoms with Crippen LogP contribution in [-0.2, 0) is 16.1 Å². The lowest BCUT2D eigenvalue weighted by atomic mass is 10.1. The Balaban J connectivity index is 2.20. The van der Waals surface area contributed by atoms with E-state index in [-0.39, 0.29) is 10.4 Å². The summed E-state index contributed by atoms with van der Waals surface area (Å²) in [5.41, 5.74) is -1.99. The van der Waals surface area contributed by atoms with Crippen LogP contribution in [0.1, 0.15) is 25.0 Å². The second kappa shape index (κ2) is 7.11. The fraction of sp³-hybridized carbons (Fsp3) is 0.353. The molecule has 0 amide bonds. The lowest BCUT2D eigenvalue weighted by Crippen LogP contribution is -2.13. The summed E-state index contributed by atoms with van der Waals surface area (Å²) in [5.74, 6) is -4.12. The molecule has 2 nitrogen and oxygen atoms in total. The molecule has 2 rings (SSSR count). The van der Waals surface area contributed by atoms with Crippen molar-refractivity contribution in [3.05, 3.63) is 44.2 Å². The molecule has 0 radical (unpaired) electrons. The Morgan fingerprint density at radius 3 is 2.40 bits per heavy atom. The van der Waals surface area contributed by atoms with Gasteiger partial charge in [-0.2, -0.15) is 0 Å². The molecule has 25 heavy (non-hydrogen) atoms. The number of halogens is 6. The van der Waals surface area contributed by atoms with Crippen molar-refractivity contribution < 1.29 is 22.7 Å². The van der Waals surface area contributed by atoms with E-state index in [9.17, 15) is 18.0 Å². The molecule has 2 unspecified atom stereocenters. The number of esters is 1. The lowest BCUT2D eigenvalue weighted by Gasteiger charge is -2.11. The van der Waals surface area contributed by atoms with E-state index in [1.54, 1.807) is 19.8 Å². The molecule has 0 saturated heterocycles. The average molecular weight is 412 g/mol. The summed E-state index contributed by atoms with van der Waals surface area (Å²) < 4.78 is 46.6. The molecule has 0 bridgehead atoms. The van der Waals surface area contributed by atoms with E-state index in [1.165, 1.54) is 6.08 Å². The Labute approximate surface area is 157 Å². The zero-order valence-electron chi connectivity index (χ0n) is 13.1. The highest BCUT2D eigenvalue weighted by Crippen LogP contribution is 2.60. The van der Waals surface area contributed by atoms with Crippen molar-refractivity contribution in [2.45, 2.75) is 20.5 Å². The number of carbonyl (C=O) groups is 1. The minimum atomic E-state index is -1.56. The van der Waals surface area contributed by atoms with Crippen LogP contribution in [0.2, 0.25) is 5.02 Å². The predicted octanol–water partition coefficient (Wildman–Crippen LogP) is 5.37. The third kappa shape index (κ3) is 3.62. The van der Waals surface area contributed by atoms with Crippen molar-refractivity contribution in [1.29, 1.82) is 0 Å². The molecule has 0 heterocycles. The van der Waals surface area contributed by atoms with E-state index >= 15 is 0 Å². The molecular weight excluding hydrogens is 400 g/mol. The van der Waals surface area contributed by atoms with Crippen molar-refractivity contribution in [1.82, 2.24) is 0 Å². The first-order valence-electron chi connectivity index (χ1n) is 7.04. The van der Waals surface area contributed by atoms with Crippen LogP contribution in [-0.4, -0.2) is 5.97 Å². The molecule has 1 saturated carbocycles. The van der Waals surface area contributed by atoms with Crippen LogP contribution in [0.3, 0.4) is 0 Å². The SMILES string of the molecule is C#Cc1c(F)c(F)c(COC(=O)C2C(C=C(Cl)Cl)C2(C)C)c(Cl)c1F. The molecule has 0 aromatic heterocycles. The summed E-state index contributed by atoms with van der Waals surface area (Å²) in [6.07, 6.45) is 6.43. The summed E-state index contributed by atoms with van der Waals surface area (Å²) in [5, 5.41) is -0.727. The normalized spacial score (nSPS) is 20.6. The molecule has 1 aliphatic carbocycles. The van der Waals surface area contributed by atoms with Gasteiger partial charge in [0.15, 0.2) is 17.5 Å². The number of ether oxygens (including phenoxy) is 1. The summed E-state index contributed by atoms with van der Waals surface area (Å²) in [6.45, 7) is 2.86. The quantitative estimate of drug-likeness (QED) is 0.378. The third-order valence-electron chi connectivity index (χ3n) is 4.33. The van der Waals surface area contributed by atoms with Crippen molar-refractivity contribution in [3.63, 3.8) is 0 Å². The van der Waals surface area contributed by atoms with Crippen LogP contribution in [0.5, 0.6) is 0 Å². The summed E-state index contributed by atoms with van der Waals surface area (Å²) >= 11 is 16.9. The fourth-order valence-electron chi connectivity index (χ4n) is 2.74. The minimum absolute atomic E-state index is 0.0106. The van der Waals surface area contributed by atoms with E-state index in [0.717, 1.165) is 0 Å². The molecule has 0 aliphatic heterocycles. The van der Waals surface area contributed by atoms with Gasteiger partial charge >= 0.3 is 5.97 Å². The second-order valence-corrected chi connectivity index (χ2v) is 7.53. The van der Waals surface area contributed by atoms with E-state index in [1.807, 2.05) is 0 Å². The molecule has 1 aliphatic rings. The first kappa shape index (κ1) is 20.0. The van der Waals surface area contributed by atoms with Gasteiger partial charge in [-0.25, -0.2) is 13.2 Å². The Morgan fingerprint density at radius 2 is 1.88 bits per heavy atom. The van der Waals surface area contributed by atoms with Crippen LogP contribution in [0.25, 0.3) is 0 Å². The Kier molecular flexibility index (Phi) is 5.68. The number of allylic oxidation sites excluding steroid dienone is 1. The Hall–Kier alpha value is -1.35. The first-order chi connectivity index (χ1) is 11.5. The first-order valence-corrected chi connectivity index (χ1v) is 8.18. The van der Waals surface area contributed by atoms with Crippen molar-refractivity contribution >= 4 is 40.8 Å². The van der Waals surface area contributed by atoms with E-state index in [4.69, 9.17) is 46.0 Å². The van der Waals surface area contributed by atoms with Gasteiger partial charge < -0.3 is 4.74 Å². The van der Waals surface area contributed by atoms with Crippen LogP contribution in [0, 0.1) is 47.0 Å². The molecular formula is C17H12Cl3F3O2. The number of hydrogen-bond donors (Lipinski definition) is 0. The third-order valence-corrected chi connectivity index (χ3v) is 4.97. The van der Waals surface area contributed by atoms with Gasteiger partial charge in [0.1, 0.15) is 16.7 Å². The van der Waals surface area contributed by atoms with Gasteiger partial charge in [0, 0.05) is 5.56 Å². The van der Waals surface area contributed by atoms with Gasteiger partial charge in [-0.15, -0.1) is 6.42 Å². The maximum atomic E-state index is 14.0. The van der Waals surface area contributed by atoms with E-state index in [2.05, 4.69) is 0 Å². The fourth-order valence-corrected chi connectivity index (χ4v) is 3.24. The highest BCUT2D eigenvalue weighted by Gasteiger charge is 2.61. The molecule has 1 aromatic rings. The van der Waals surface area contributed by atoms with Crippen molar-refractivity contribution in [3.8, 4) is 12.3 Å². The topological polar surface area (TPSA) is 26.3 Å². The maximum absolute atomic E-state index is 14.0. The molecule has 1 fully saturated rings. The number of benzene rings is 1. The zero-order chi connectivity index (χ0) is 19.1. The largest absolute Gasteiger partial charge is 0.460 e. The molecule has 0 spiro atoms. The van der Waals surface area contributed by atoms with Gasteiger partial charge in [-0.1, -0.05) is 54.6 Å². The van der Waals surface area contributed by atoms with Crippen LogP contribution < -0.4 is 0 Å². The summed E-state index contributed by atoms with van der Waals surface area (Å²) in [7, 11) is 0. The monoisotopic (exact) mass is 410 g/mol. The van der Waals surface area contributed by atoms with Crippen LogP contribution >= 0.6 is 34.8 Å². The van der Waals surface area contributed by atoms with Crippen LogP contribution in [0.15, 0.2) is 10.6 Å². The van der Waals surface area contributed by atoms with Crippen molar-refractivity contribution in [2.24, 2.45) is 17.3 Å². The number of hydrogen-bond acceptors (Lipinski definition) is 2. The Morgan fingerprint density at radius 1 is 1.28 bits per heavy atom. The minimum Gasteiger partial charge on any atom is -0.460 e. The highest BCUT2D eigenvalue weighted by atomic mass is 35.5. The van der Waals surface area contributed by atoms with Gasteiger partial charge in [0.2, 0.25) is 0 Å². The zero-order valence-corrected chi connectivity index (χ0v) is 15.4. The molecule has 2 atom stereocenters. The van der Waals surface area contributed by atoms with Gasteiger partial charge in [-0.05, 0) is 17.4 Å². The summed E-state index contributed by atoms with van der Waals surface area (Å²) in [4.78, 5) is 12.2. The van der Waals surface area contributed by atoms with E-state index < -0.39 is 57.5 Å². The van der Waals surface area contributed by atoms with E-state index in [0.29, 0.717) is 0 Å². The van der Waals surface area contributed by atoms with Gasteiger partial charge in [0.05, 0.1) is 10.9 Å². The van der Waals surface area contributed by atoms with Gasteiger partial charge in [0.25, 0.3) is 0 Å². The second-order valence-electron chi connectivity index (χ2n) is 6.14. The predicted molar refractivity (Wildman–Crippen MR) is 89.6 cm³/mol. The average Bonchev–Trinajstić information content (AvgIpc) is 3.05. The standard InChI is InChI=1S/C17H12Cl3F3O2/c1-4-7-13(21)12(20)8(15(23)14(7)22)6-25-16(24)11-9(5-10(18)19)17(11,2)3/h1,5,9,11H,6H2,2-3H3. The number of rotatable bonds is 4. The molecule has 1 aromatic carbocycles. The number of terminal acetylenes is 1. The Bertz CT molecular complexity index is 779. The van der Waals surface area contributed by atoms with Gasteiger partial charge in [-0.3, -0.25) is 4.79 Å². The maximum Gasteiger partial charge on any atom is 0.310 e. The smallest absolute Gasteiger partial charge is 0.310 e. The summed E-state index contributed by atoms with van der Waals surface area (Å²) in [6, 6.07) is 0. The highest BCUT2D eigenvalue weighted by molar-refractivity contribution is 6.55. The molecule has 0 N–H and O–H groups in total. The number of carbonyl (C=O) groups excluding carboxylic acids is 1.